The van der Waals surface area contributed by atoms with Crippen LogP contribution in [0.4, 0.5) is 5.82 Å². The van der Waals surface area contributed by atoms with Gasteiger partial charge in [0.25, 0.3) is 0 Å². The molecule has 5 nitrogen and oxygen atoms in total. The van der Waals surface area contributed by atoms with Crippen LogP contribution in [0.25, 0.3) is 0 Å². The molecule has 5 heteroatoms. The van der Waals surface area contributed by atoms with Crippen LogP contribution in [0.2, 0.25) is 0 Å². The van der Waals surface area contributed by atoms with Crippen LogP contribution in [-0.2, 0) is 0 Å². The summed E-state index contributed by atoms with van der Waals surface area (Å²) < 4.78 is 0. The number of nitriles is 1. The molecule has 1 aromatic heterocycles. The van der Waals surface area contributed by atoms with Gasteiger partial charge in [0.2, 0.25) is 0 Å². The van der Waals surface area contributed by atoms with Gasteiger partial charge >= 0.3 is 0 Å². The molecule has 1 atom stereocenters. The minimum Gasteiger partial charge on any atom is -0.394 e. The molecule has 3 N–H and O–H groups in total. The van der Waals surface area contributed by atoms with Crippen LogP contribution >= 0.6 is 0 Å². The van der Waals surface area contributed by atoms with Gasteiger partial charge < -0.3 is 15.5 Å². The van der Waals surface area contributed by atoms with E-state index in [0.717, 1.165) is 0 Å². The number of nitrogens with one attached hydrogen (secondary N) is 1. The molecule has 0 aliphatic heterocycles. The molecule has 0 fully saturated rings. The molecule has 0 aliphatic carbocycles. The molecule has 0 aromatic carbocycles. The number of rotatable bonds is 4. The normalized spacial score (nSPS) is 11.8. The third-order valence-electron chi connectivity index (χ3n) is 1.59. The number of aromatic nitrogens is 1. The van der Waals surface area contributed by atoms with Gasteiger partial charge in [-0.05, 0) is 12.1 Å². The maximum atomic E-state index is 9.04. The molecule has 0 amide bonds. The summed E-state index contributed by atoms with van der Waals surface area (Å²) >= 11 is 0. The summed E-state index contributed by atoms with van der Waals surface area (Å²) in [7, 11) is 0. The average molecular weight is 193 g/mol. The van der Waals surface area contributed by atoms with E-state index in [-0.39, 0.29) is 13.2 Å². The molecule has 14 heavy (non-hydrogen) atoms. The van der Waals surface area contributed by atoms with Crippen molar-refractivity contribution < 1.29 is 10.2 Å². The van der Waals surface area contributed by atoms with Gasteiger partial charge in [-0.1, -0.05) is 6.07 Å². The van der Waals surface area contributed by atoms with Gasteiger partial charge in [0.05, 0.1) is 12.7 Å². The highest BCUT2D eigenvalue weighted by Gasteiger charge is 2.01. The summed E-state index contributed by atoms with van der Waals surface area (Å²) in [4.78, 5) is 3.93. The molecule has 1 heterocycles. The van der Waals surface area contributed by atoms with E-state index in [0.29, 0.717) is 11.5 Å². The number of hydrogen-bond donors (Lipinski definition) is 3. The Hall–Kier alpha value is -1.64. The van der Waals surface area contributed by atoms with Crippen molar-refractivity contribution in [1.82, 2.24) is 4.98 Å². The van der Waals surface area contributed by atoms with Crippen LogP contribution in [-0.4, -0.2) is 34.5 Å². The van der Waals surface area contributed by atoms with Crippen molar-refractivity contribution in [2.75, 3.05) is 18.5 Å². The van der Waals surface area contributed by atoms with E-state index in [1.165, 1.54) is 0 Å². The van der Waals surface area contributed by atoms with E-state index in [4.69, 9.17) is 15.5 Å². The van der Waals surface area contributed by atoms with Gasteiger partial charge in [-0.25, -0.2) is 4.98 Å². The summed E-state index contributed by atoms with van der Waals surface area (Å²) in [6.45, 7) is -0.0939. The van der Waals surface area contributed by atoms with Gasteiger partial charge in [0.15, 0.2) is 0 Å². The van der Waals surface area contributed by atoms with E-state index in [1.54, 1.807) is 18.2 Å². The minimum atomic E-state index is -0.817. The van der Waals surface area contributed by atoms with Gasteiger partial charge in [0, 0.05) is 6.54 Å². The van der Waals surface area contributed by atoms with Crippen molar-refractivity contribution in [3.63, 3.8) is 0 Å². The molecule has 1 aromatic rings. The zero-order valence-corrected chi connectivity index (χ0v) is 7.51. The van der Waals surface area contributed by atoms with Crippen LogP contribution in [0.1, 0.15) is 5.69 Å². The first-order valence-corrected chi connectivity index (χ1v) is 4.16. The predicted octanol–water partition coefficient (Wildman–Crippen LogP) is -0.282. The van der Waals surface area contributed by atoms with Crippen molar-refractivity contribution in [2.24, 2.45) is 0 Å². The quantitative estimate of drug-likeness (QED) is 0.612. The first-order valence-electron chi connectivity index (χ1n) is 4.16. The highest BCUT2D eigenvalue weighted by molar-refractivity contribution is 5.38. The Bertz CT molecular complexity index is 335. The number of anilines is 1. The van der Waals surface area contributed by atoms with E-state index < -0.39 is 6.10 Å². The molecule has 1 unspecified atom stereocenters. The molecule has 0 radical (unpaired) electrons. The lowest BCUT2D eigenvalue weighted by Crippen LogP contribution is -2.23. The summed E-state index contributed by atoms with van der Waals surface area (Å²) in [6.07, 6.45) is -0.817. The molecule has 0 bridgehead atoms. The fraction of sp³-hybridized carbons (Fsp3) is 0.333. The molecular formula is C9H11N3O2. The Labute approximate surface area is 81.6 Å². The van der Waals surface area contributed by atoms with Crippen molar-refractivity contribution in [3.8, 4) is 6.07 Å². The summed E-state index contributed by atoms with van der Waals surface area (Å²) in [5, 5.41) is 28.9. The smallest absolute Gasteiger partial charge is 0.142 e. The lowest BCUT2D eigenvalue weighted by atomic mass is 10.3. The third-order valence-corrected chi connectivity index (χ3v) is 1.59. The second kappa shape index (κ2) is 5.17. The zero-order chi connectivity index (χ0) is 10.4. The van der Waals surface area contributed by atoms with E-state index in [1.807, 2.05) is 6.07 Å². The maximum Gasteiger partial charge on any atom is 0.142 e. The van der Waals surface area contributed by atoms with E-state index in [9.17, 15) is 0 Å². The van der Waals surface area contributed by atoms with Crippen molar-refractivity contribution >= 4 is 5.82 Å². The fourth-order valence-electron chi connectivity index (χ4n) is 0.882. The number of aliphatic hydroxyl groups is 2. The fourth-order valence-corrected chi connectivity index (χ4v) is 0.882. The molecule has 0 saturated heterocycles. The second-order valence-electron chi connectivity index (χ2n) is 2.74. The van der Waals surface area contributed by atoms with Crippen LogP contribution < -0.4 is 5.32 Å². The van der Waals surface area contributed by atoms with Gasteiger partial charge in [-0.3, -0.25) is 0 Å². The number of hydrogen-bond acceptors (Lipinski definition) is 5. The average Bonchev–Trinajstić information content (AvgIpc) is 2.26. The Kier molecular flexibility index (Phi) is 3.85. The maximum absolute atomic E-state index is 9.04. The SMILES string of the molecule is N#Cc1cccc(NCC(O)CO)n1. The van der Waals surface area contributed by atoms with Gasteiger partial charge in [-0.15, -0.1) is 0 Å². The van der Waals surface area contributed by atoms with Crippen molar-refractivity contribution in [1.29, 1.82) is 5.26 Å². The summed E-state index contributed by atoms with van der Waals surface area (Å²) in [5.74, 6) is 0.511. The van der Waals surface area contributed by atoms with Crippen LogP contribution in [0.15, 0.2) is 18.2 Å². The Morgan fingerprint density at radius 1 is 1.57 bits per heavy atom. The highest BCUT2D eigenvalue weighted by Crippen LogP contribution is 2.03. The zero-order valence-electron chi connectivity index (χ0n) is 7.51. The number of pyridine rings is 1. The van der Waals surface area contributed by atoms with Gasteiger partial charge in [-0.2, -0.15) is 5.26 Å². The van der Waals surface area contributed by atoms with Crippen LogP contribution in [0.3, 0.4) is 0 Å². The highest BCUT2D eigenvalue weighted by atomic mass is 16.3. The number of nitrogens with zero attached hydrogens (tertiary/aromatic N) is 2. The van der Waals surface area contributed by atoms with Crippen LogP contribution in [0.5, 0.6) is 0 Å². The van der Waals surface area contributed by atoms with Crippen LogP contribution in [0, 0.1) is 11.3 Å². The molecule has 1 rings (SSSR count). The van der Waals surface area contributed by atoms with Crippen molar-refractivity contribution in [2.45, 2.75) is 6.10 Å². The molecule has 0 aliphatic rings. The predicted molar refractivity (Wildman–Crippen MR) is 50.5 cm³/mol. The molecule has 74 valence electrons. The number of aliphatic hydroxyl groups excluding tert-OH is 2. The second-order valence-corrected chi connectivity index (χ2v) is 2.74. The van der Waals surface area contributed by atoms with E-state index >= 15 is 0 Å². The Morgan fingerprint density at radius 3 is 3.00 bits per heavy atom. The standard InChI is InChI=1S/C9H11N3O2/c10-4-7-2-1-3-9(12-7)11-5-8(14)6-13/h1-3,8,13-14H,5-6H2,(H,11,12). The first kappa shape index (κ1) is 10.4. The first-order chi connectivity index (χ1) is 6.76. The monoisotopic (exact) mass is 193 g/mol. The van der Waals surface area contributed by atoms with Crippen molar-refractivity contribution in [3.05, 3.63) is 23.9 Å². The molecular weight excluding hydrogens is 182 g/mol. The minimum absolute atomic E-state index is 0.207. The largest absolute Gasteiger partial charge is 0.394 e. The topological polar surface area (TPSA) is 89.2 Å². The summed E-state index contributed by atoms with van der Waals surface area (Å²) in [5.41, 5.74) is 0.313. The summed E-state index contributed by atoms with van der Waals surface area (Å²) in [6, 6.07) is 6.88. The van der Waals surface area contributed by atoms with E-state index in [2.05, 4.69) is 10.3 Å². The lowest BCUT2D eigenvalue weighted by Gasteiger charge is -2.08. The van der Waals surface area contributed by atoms with Gasteiger partial charge in [0.1, 0.15) is 17.6 Å². The third kappa shape index (κ3) is 3.01. The Balaban J connectivity index is 2.55. The lowest BCUT2D eigenvalue weighted by molar-refractivity contribution is 0.105. The Morgan fingerprint density at radius 2 is 2.36 bits per heavy atom. The molecule has 0 spiro atoms. The molecule has 0 saturated carbocycles.